The second kappa shape index (κ2) is 7.71. The van der Waals surface area contributed by atoms with Crippen molar-refractivity contribution in [2.24, 2.45) is 11.7 Å². The Morgan fingerprint density at radius 3 is 2.48 bits per heavy atom. The zero-order valence-electron chi connectivity index (χ0n) is 16.9. The summed E-state index contributed by atoms with van der Waals surface area (Å²) in [5.41, 5.74) is 13.6. The number of hydrogen-bond donors (Lipinski definition) is 4. The number of H-pyrrole nitrogens is 1. The number of benzene rings is 1. The van der Waals surface area contributed by atoms with Crippen LogP contribution in [0, 0.1) is 9.49 Å². The first-order valence-electron chi connectivity index (χ1n) is 9.98. The summed E-state index contributed by atoms with van der Waals surface area (Å²) in [4.78, 5) is 27.4. The van der Waals surface area contributed by atoms with Gasteiger partial charge in [-0.15, -0.1) is 0 Å². The first-order chi connectivity index (χ1) is 15.6. The minimum absolute atomic E-state index is 0.0508. The third-order valence-corrected chi connectivity index (χ3v) is 6.59. The van der Waals surface area contributed by atoms with Crippen LogP contribution in [-0.4, -0.2) is 38.1 Å². The summed E-state index contributed by atoms with van der Waals surface area (Å²) in [7, 11) is 0. The molecule has 1 aliphatic rings. The lowest BCUT2D eigenvalue weighted by Gasteiger charge is -2.22. The number of carbonyl (C=O) groups is 1. The molecule has 170 valence electrons. The van der Waals surface area contributed by atoms with Gasteiger partial charge < -0.3 is 21.8 Å². The molecule has 3 aromatic heterocycles. The molecule has 0 bridgehead atoms. The highest BCUT2D eigenvalue weighted by molar-refractivity contribution is 14.1. The van der Waals surface area contributed by atoms with E-state index >= 15 is 0 Å². The number of hydrogen-bond acceptors (Lipinski definition) is 6. The molecule has 0 spiro atoms. The molecule has 1 aliphatic carbocycles. The van der Waals surface area contributed by atoms with E-state index in [9.17, 15) is 18.0 Å². The lowest BCUT2D eigenvalue weighted by atomic mass is 10.0. The lowest BCUT2D eigenvalue weighted by molar-refractivity contribution is -0.146. The second-order valence-electron chi connectivity index (χ2n) is 7.97. The molecule has 0 saturated heterocycles. The topological polar surface area (TPSA) is 136 Å². The quantitative estimate of drug-likeness (QED) is 0.267. The predicted molar refractivity (Wildman–Crippen MR) is 126 cm³/mol. The van der Waals surface area contributed by atoms with Crippen LogP contribution in [0.25, 0.3) is 32.9 Å². The molecule has 1 saturated carbocycles. The first kappa shape index (κ1) is 21.7. The Morgan fingerprint density at radius 1 is 1.18 bits per heavy atom. The number of rotatable bonds is 5. The molecule has 1 unspecified atom stereocenters. The number of aromatic nitrogens is 4. The van der Waals surface area contributed by atoms with Gasteiger partial charge in [-0.3, -0.25) is 4.79 Å². The largest absolute Gasteiger partial charge is 0.408 e. The average molecular weight is 567 g/mol. The van der Waals surface area contributed by atoms with E-state index in [4.69, 9.17) is 11.5 Å². The van der Waals surface area contributed by atoms with E-state index in [0.717, 1.165) is 9.13 Å². The van der Waals surface area contributed by atoms with Gasteiger partial charge in [0, 0.05) is 44.2 Å². The summed E-state index contributed by atoms with van der Waals surface area (Å²) >= 11 is 2.13. The summed E-state index contributed by atoms with van der Waals surface area (Å²) < 4.78 is 41.9. The fourth-order valence-electron chi connectivity index (χ4n) is 3.96. The fourth-order valence-corrected chi connectivity index (χ4v) is 4.74. The Morgan fingerprint density at radius 2 is 1.88 bits per heavy atom. The van der Waals surface area contributed by atoms with Crippen LogP contribution < -0.4 is 16.8 Å². The zero-order valence-corrected chi connectivity index (χ0v) is 19.0. The lowest BCUT2D eigenvalue weighted by Crippen LogP contribution is -2.38. The number of fused-ring (bicyclic) bond motifs is 3. The molecular formula is C21H17F3IN7O. The number of nitrogens with one attached hydrogen (secondary N) is 2. The maximum atomic E-state index is 13.7. The van der Waals surface area contributed by atoms with E-state index in [1.54, 1.807) is 12.4 Å². The SMILES string of the molecule is NC(=O)c1cnc(NC(C2CC2)C(F)(F)F)c2c1[nH]c1cc(-c3cnc(N)nc3)c(I)cc12. The van der Waals surface area contributed by atoms with Gasteiger partial charge in [-0.05, 0) is 53.5 Å². The van der Waals surface area contributed by atoms with Gasteiger partial charge in [-0.2, -0.15) is 13.2 Å². The number of halogens is 4. The van der Waals surface area contributed by atoms with Crippen molar-refractivity contribution in [1.29, 1.82) is 0 Å². The van der Waals surface area contributed by atoms with Crippen LogP contribution >= 0.6 is 22.6 Å². The van der Waals surface area contributed by atoms with Crippen molar-refractivity contribution in [3.63, 3.8) is 0 Å². The highest BCUT2D eigenvalue weighted by Crippen LogP contribution is 2.43. The molecule has 1 aromatic carbocycles. The number of pyridine rings is 1. The molecule has 6 N–H and O–H groups in total. The number of anilines is 2. The van der Waals surface area contributed by atoms with Crippen molar-refractivity contribution in [3.8, 4) is 11.1 Å². The van der Waals surface area contributed by atoms with E-state index in [0.29, 0.717) is 40.2 Å². The predicted octanol–water partition coefficient (Wildman–Crippen LogP) is 4.21. The minimum Gasteiger partial charge on any atom is -0.368 e. The van der Waals surface area contributed by atoms with E-state index in [-0.39, 0.29) is 17.3 Å². The van der Waals surface area contributed by atoms with Crippen molar-refractivity contribution in [2.45, 2.75) is 25.1 Å². The smallest absolute Gasteiger partial charge is 0.368 e. The molecule has 8 nitrogen and oxygen atoms in total. The Kier molecular flexibility index (Phi) is 5.06. The van der Waals surface area contributed by atoms with Crippen LogP contribution in [0.5, 0.6) is 0 Å². The standard InChI is InChI=1S/C21H17F3IN7O/c22-21(23,24)17(8-1-2-8)32-19-15-11-3-13(25)10(9-5-29-20(27)30-6-9)4-14(11)31-16(15)12(7-28-19)18(26)33/h3-8,17,31H,1-2H2,(H2,26,33)(H,28,32)(H2,27,29,30). The molecule has 0 radical (unpaired) electrons. The third-order valence-electron chi connectivity index (χ3n) is 5.70. The van der Waals surface area contributed by atoms with Crippen molar-refractivity contribution in [1.82, 2.24) is 19.9 Å². The maximum Gasteiger partial charge on any atom is 0.408 e. The van der Waals surface area contributed by atoms with E-state index in [1.165, 1.54) is 6.20 Å². The summed E-state index contributed by atoms with van der Waals surface area (Å²) in [6.07, 6.45) is 0.933. The number of nitrogens with zero attached hydrogens (tertiary/aromatic N) is 3. The van der Waals surface area contributed by atoms with E-state index in [1.807, 2.05) is 12.1 Å². The number of amides is 1. The van der Waals surface area contributed by atoms with Gasteiger partial charge >= 0.3 is 6.18 Å². The number of nitrogen functional groups attached to an aromatic ring is 1. The molecular weight excluding hydrogens is 550 g/mol. The fraction of sp³-hybridized carbons (Fsp3) is 0.238. The van der Waals surface area contributed by atoms with Gasteiger partial charge in [0.05, 0.1) is 16.5 Å². The second-order valence-corrected chi connectivity index (χ2v) is 9.13. The van der Waals surface area contributed by atoms with Crippen LogP contribution in [0.15, 0.2) is 30.7 Å². The zero-order chi connectivity index (χ0) is 23.5. The molecule has 3 heterocycles. The number of primary amides is 1. The molecule has 1 fully saturated rings. The molecule has 5 rings (SSSR count). The molecule has 1 atom stereocenters. The molecule has 4 aromatic rings. The number of aromatic amines is 1. The van der Waals surface area contributed by atoms with Crippen molar-refractivity contribution in [3.05, 3.63) is 39.9 Å². The number of nitrogens with two attached hydrogens (primary N) is 2. The summed E-state index contributed by atoms with van der Waals surface area (Å²) in [5.74, 6) is -1.04. The van der Waals surface area contributed by atoms with Gasteiger partial charge in [0.25, 0.3) is 5.91 Å². The van der Waals surface area contributed by atoms with Crippen molar-refractivity contribution >= 4 is 62.1 Å². The van der Waals surface area contributed by atoms with Gasteiger partial charge in [0.1, 0.15) is 11.9 Å². The van der Waals surface area contributed by atoms with Crippen molar-refractivity contribution in [2.75, 3.05) is 11.1 Å². The van der Waals surface area contributed by atoms with Crippen LogP contribution in [0.4, 0.5) is 24.9 Å². The van der Waals surface area contributed by atoms with Crippen molar-refractivity contribution < 1.29 is 18.0 Å². The Hall–Kier alpha value is -3.16. The van der Waals surface area contributed by atoms with Crippen LogP contribution in [0.3, 0.4) is 0 Å². The molecule has 0 aliphatic heterocycles. The molecule has 12 heteroatoms. The monoisotopic (exact) mass is 567 g/mol. The highest BCUT2D eigenvalue weighted by Gasteiger charge is 2.49. The van der Waals surface area contributed by atoms with Gasteiger partial charge in [0.2, 0.25) is 5.95 Å². The molecule has 1 amide bonds. The average Bonchev–Trinajstić information content (AvgIpc) is 3.51. The van der Waals surface area contributed by atoms with Gasteiger partial charge in [-0.25, -0.2) is 15.0 Å². The summed E-state index contributed by atoms with van der Waals surface area (Å²) in [6.45, 7) is 0. The Bertz CT molecular complexity index is 1400. The van der Waals surface area contributed by atoms with E-state index in [2.05, 4.69) is 47.8 Å². The Labute approximate surface area is 198 Å². The summed E-state index contributed by atoms with van der Waals surface area (Å²) in [5, 5.41) is 3.59. The van der Waals surface area contributed by atoms with Crippen LogP contribution in [0.1, 0.15) is 23.2 Å². The number of carbonyl (C=O) groups excluding carboxylic acids is 1. The number of alkyl halides is 3. The van der Waals surface area contributed by atoms with E-state index < -0.39 is 24.0 Å². The van der Waals surface area contributed by atoms with Gasteiger partial charge in [0.15, 0.2) is 0 Å². The summed E-state index contributed by atoms with van der Waals surface area (Å²) in [6, 6.07) is 1.92. The van der Waals surface area contributed by atoms with Crippen LogP contribution in [-0.2, 0) is 0 Å². The Balaban J connectivity index is 1.72. The normalized spacial score (nSPS) is 15.2. The molecule has 33 heavy (non-hydrogen) atoms. The van der Waals surface area contributed by atoms with Gasteiger partial charge in [-0.1, -0.05) is 0 Å². The first-order valence-corrected chi connectivity index (χ1v) is 11.1. The third kappa shape index (κ3) is 3.92. The highest BCUT2D eigenvalue weighted by atomic mass is 127. The minimum atomic E-state index is -4.43. The van der Waals surface area contributed by atoms with Crippen LogP contribution in [0.2, 0.25) is 0 Å². The maximum absolute atomic E-state index is 13.7.